The van der Waals surface area contributed by atoms with Crippen molar-refractivity contribution in [2.45, 2.75) is 26.3 Å². The highest BCUT2D eigenvalue weighted by Crippen LogP contribution is 2.21. The van der Waals surface area contributed by atoms with Crippen molar-refractivity contribution in [3.8, 4) is 0 Å². The molecule has 1 atom stereocenters. The highest BCUT2D eigenvalue weighted by Gasteiger charge is 2.24. The third-order valence-corrected chi connectivity index (χ3v) is 2.92. The van der Waals surface area contributed by atoms with Gasteiger partial charge in [-0.2, -0.15) is 5.10 Å². The Morgan fingerprint density at radius 2 is 2.33 bits per heavy atom. The number of nitrogens with zero attached hydrogens (tertiary/aromatic N) is 2. The molecular weight excluding hydrogens is 194 g/mol. The number of rotatable bonds is 2. The maximum Gasteiger partial charge on any atom is 0.339 e. The molecule has 1 fully saturated rings. The molecule has 0 saturated carbocycles. The van der Waals surface area contributed by atoms with Crippen LogP contribution in [0.15, 0.2) is 0 Å². The lowest BCUT2D eigenvalue weighted by atomic mass is 10.2. The van der Waals surface area contributed by atoms with Gasteiger partial charge < -0.3 is 10.4 Å². The van der Waals surface area contributed by atoms with E-state index >= 15 is 0 Å². The summed E-state index contributed by atoms with van der Waals surface area (Å²) < 4.78 is 1.85. The molecular formula is C10H15N3O2. The first-order valence-corrected chi connectivity index (χ1v) is 5.11. The number of carboxylic acid groups (broad SMARTS) is 1. The van der Waals surface area contributed by atoms with Gasteiger partial charge in [0.15, 0.2) is 0 Å². The zero-order valence-corrected chi connectivity index (χ0v) is 8.95. The van der Waals surface area contributed by atoms with Crippen LogP contribution in [0.5, 0.6) is 0 Å². The summed E-state index contributed by atoms with van der Waals surface area (Å²) in [6.45, 7) is 5.42. The van der Waals surface area contributed by atoms with E-state index in [0.29, 0.717) is 17.3 Å². The van der Waals surface area contributed by atoms with Crippen molar-refractivity contribution in [3.05, 3.63) is 17.0 Å². The van der Waals surface area contributed by atoms with E-state index in [4.69, 9.17) is 5.11 Å². The summed E-state index contributed by atoms with van der Waals surface area (Å²) in [5.41, 5.74) is 1.71. The van der Waals surface area contributed by atoms with E-state index in [1.54, 1.807) is 6.92 Å². The molecule has 5 nitrogen and oxygen atoms in total. The molecule has 0 aromatic carbocycles. The van der Waals surface area contributed by atoms with Gasteiger partial charge >= 0.3 is 5.97 Å². The number of carboxylic acids is 1. The quantitative estimate of drug-likeness (QED) is 0.753. The number of hydrogen-bond acceptors (Lipinski definition) is 3. The Morgan fingerprint density at radius 1 is 1.60 bits per heavy atom. The first-order chi connectivity index (χ1) is 7.11. The molecule has 1 aliphatic heterocycles. The minimum atomic E-state index is -0.887. The van der Waals surface area contributed by atoms with Gasteiger partial charge in [0.2, 0.25) is 0 Å². The number of nitrogens with one attached hydrogen (secondary N) is 1. The molecule has 1 aliphatic rings. The van der Waals surface area contributed by atoms with E-state index in [1.165, 1.54) is 0 Å². The van der Waals surface area contributed by atoms with Crippen LogP contribution in [0, 0.1) is 13.8 Å². The predicted octanol–water partition coefficient (Wildman–Crippen LogP) is 0.733. The monoisotopic (exact) mass is 209 g/mol. The molecule has 0 radical (unpaired) electrons. The van der Waals surface area contributed by atoms with E-state index in [9.17, 15) is 4.79 Å². The smallest absolute Gasteiger partial charge is 0.339 e. The van der Waals surface area contributed by atoms with Crippen molar-refractivity contribution in [2.75, 3.05) is 13.1 Å². The van der Waals surface area contributed by atoms with Crippen LogP contribution in [0.4, 0.5) is 0 Å². The summed E-state index contributed by atoms with van der Waals surface area (Å²) in [4.78, 5) is 11.0. The zero-order valence-electron chi connectivity index (χ0n) is 8.95. The maximum atomic E-state index is 11.0. The van der Waals surface area contributed by atoms with Crippen LogP contribution in [-0.2, 0) is 0 Å². The summed E-state index contributed by atoms with van der Waals surface area (Å²) in [6, 6.07) is 0.303. The van der Waals surface area contributed by atoms with Gasteiger partial charge in [-0.05, 0) is 26.8 Å². The molecule has 82 valence electrons. The molecule has 2 N–H and O–H groups in total. The zero-order chi connectivity index (χ0) is 11.0. The molecule has 1 saturated heterocycles. The van der Waals surface area contributed by atoms with E-state index in [0.717, 1.165) is 25.2 Å². The van der Waals surface area contributed by atoms with E-state index in [1.807, 2.05) is 11.6 Å². The topological polar surface area (TPSA) is 67.2 Å². The minimum absolute atomic E-state index is 0.303. The lowest BCUT2D eigenvalue weighted by Gasteiger charge is -2.11. The molecule has 0 bridgehead atoms. The SMILES string of the molecule is Cc1nn(C2CCNC2)c(C)c1C(=O)O. The van der Waals surface area contributed by atoms with E-state index < -0.39 is 5.97 Å². The van der Waals surface area contributed by atoms with Gasteiger partial charge in [0.1, 0.15) is 5.56 Å². The Kier molecular flexibility index (Phi) is 2.48. The van der Waals surface area contributed by atoms with Crippen LogP contribution in [-0.4, -0.2) is 33.9 Å². The van der Waals surface area contributed by atoms with Crippen molar-refractivity contribution in [1.82, 2.24) is 15.1 Å². The van der Waals surface area contributed by atoms with Gasteiger partial charge in [0.05, 0.1) is 17.4 Å². The van der Waals surface area contributed by atoms with Gasteiger partial charge in [0.25, 0.3) is 0 Å². The summed E-state index contributed by atoms with van der Waals surface area (Å²) in [5, 5.41) is 16.6. The molecule has 1 unspecified atom stereocenters. The molecule has 0 aliphatic carbocycles. The van der Waals surface area contributed by atoms with Crippen LogP contribution in [0.2, 0.25) is 0 Å². The number of hydrogen-bond donors (Lipinski definition) is 2. The molecule has 2 heterocycles. The number of aryl methyl sites for hydroxylation is 1. The van der Waals surface area contributed by atoms with Crippen LogP contribution in [0.25, 0.3) is 0 Å². The number of aromatic carboxylic acids is 1. The minimum Gasteiger partial charge on any atom is -0.478 e. The van der Waals surface area contributed by atoms with Crippen LogP contribution in [0.3, 0.4) is 0 Å². The van der Waals surface area contributed by atoms with Crippen LogP contribution >= 0.6 is 0 Å². The summed E-state index contributed by atoms with van der Waals surface area (Å²) in [7, 11) is 0. The van der Waals surface area contributed by atoms with Gasteiger partial charge in [0, 0.05) is 6.54 Å². The molecule has 5 heteroatoms. The fourth-order valence-corrected chi connectivity index (χ4v) is 2.18. The highest BCUT2D eigenvalue weighted by atomic mass is 16.4. The largest absolute Gasteiger partial charge is 0.478 e. The molecule has 15 heavy (non-hydrogen) atoms. The third kappa shape index (κ3) is 1.63. The number of aromatic nitrogens is 2. The Bertz CT molecular complexity index is 392. The lowest BCUT2D eigenvalue weighted by Crippen LogP contribution is -2.16. The van der Waals surface area contributed by atoms with Crippen molar-refractivity contribution in [1.29, 1.82) is 0 Å². The first-order valence-electron chi connectivity index (χ1n) is 5.11. The fourth-order valence-electron chi connectivity index (χ4n) is 2.18. The van der Waals surface area contributed by atoms with E-state index in [-0.39, 0.29) is 0 Å². The Balaban J connectivity index is 2.40. The molecule has 1 aromatic heterocycles. The van der Waals surface area contributed by atoms with Crippen molar-refractivity contribution < 1.29 is 9.90 Å². The second-order valence-corrected chi connectivity index (χ2v) is 3.94. The Morgan fingerprint density at radius 3 is 2.80 bits per heavy atom. The van der Waals surface area contributed by atoms with Crippen molar-refractivity contribution in [3.63, 3.8) is 0 Å². The Labute approximate surface area is 88.1 Å². The second-order valence-electron chi connectivity index (χ2n) is 3.94. The normalized spacial score (nSPS) is 20.8. The van der Waals surface area contributed by atoms with Crippen LogP contribution < -0.4 is 5.32 Å². The second kappa shape index (κ2) is 3.66. The first kappa shape index (κ1) is 10.2. The number of carbonyl (C=O) groups is 1. The average Bonchev–Trinajstić information content (AvgIpc) is 2.72. The summed E-state index contributed by atoms with van der Waals surface area (Å²) in [5.74, 6) is -0.887. The van der Waals surface area contributed by atoms with Crippen molar-refractivity contribution in [2.24, 2.45) is 0 Å². The molecule has 1 aromatic rings. The van der Waals surface area contributed by atoms with Crippen molar-refractivity contribution >= 4 is 5.97 Å². The maximum absolute atomic E-state index is 11.0. The predicted molar refractivity (Wildman–Crippen MR) is 55.2 cm³/mol. The van der Waals surface area contributed by atoms with Gasteiger partial charge in [-0.1, -0.05) is 0 Å². The van der Waals surface area contributed by atoms with Gasteiger partial charge in [-0.25, -0.2) is 4.79 Å². The molecule has 0 spiro atoms. The van der Waals surface area contributed by atoms with Crippen LogP contribution in [0.1, 0.15) is 34.2 Å². The van der Waals surface area contributed by atoms with E-state index in [2.05, 4.69) is 10.4 Å². The summed E-state index contributed by atoms with van der Waals surface area (Å²) >= 11 is 0. The average molecular weight is 209 g/mol. The lowest BCUT2D eigenvalue weighted by molar-refractivity contribution is 0.0695. The summed E-state index contributed by atoms with van der Waals surface area (Å²) in [6.07, 6.45) is 1.01. The van der Waals surface area contributed by atoms with Gasteiger partial charge in [-0.3, -0.25) is 4.68 Å². The fraction of sp³-hybridized carbons (Fsp3) is 0.600. The molecule has 0 amide bonds. The Hall–Kier alpha value is -1.36. The highest BCUT2D eigenvalue weighted by molar-refractivity contribution is 5.90. The van der Waals surface area contributed by atoms with Gasteiger partial charge in [-0.15, -0.1) is 0 Å². The molecule has 2 rings (SSSR count). The standard InChI is InChI=1S/C10H15N3O2/c1-6-9(10(14)15)7(2)13(12-6)8-3-4-11-5-8/h8,11H,3-5H2,1-2H3,(H,14,15). The third-order valence-electron chi connectivity index (χ3n) is 2.92.